The van der Waals surface area contributed by atoms with Gasteiger partial charge in [-0.25, -0.2) is 0 Å². The summed E-state index contributed by atoms with van der Waals surface area (Å²) in [5, 5.41) is 14.1. The molecule has 1 unspecified atom stereocenters. The smallest absolute Gasteiger partial charge is 0.395 e. The molecule has 9 heteroatoms. The number of pyridine rings is 1. The predicted molar refractivity (Wildman–Crippen MR) is 97.2 cm³/mol. The molecule has 3 rings (SSSR count). The SMILES string of the molecule is Cl.O=C(c1ccc([N+](=O)[O-])o1)N(Cc1ccccn1)C1CCCNCC1. The molecule has 1 atom stereocenters. The Kier molecular flexibility index (Phi) is 7.11. The van der Waals surface area contributed by atoms with Crippen LogP contribution in [0.15, 0.2) is 40.9 Å². The van der Waals surface area contributed by atoms with Crippen molar-refractivity contribution in [1.29, 1.82) is 0 Å². The second kappa shape index (κ2) is 9.30. The van der Waals surface area contributed by atoms with Crippen LogP contribution in [0.3, 0.4) is 0 Å². The average molecular weight is 381 g/mol. The highest BCUT2D eigenvalue weighted by Gasteiger charge is 2.29. The van der Waals surface area contributed by atoms with Crippen molar-refractivity contribution >= 4 is 24.2 Å². The van der Waals surface area contributed by atoms with E-state index in [1.165, 1.54) is 12.1 Å². The number of hydrogen-bond acceptors (Lipinski definition) is 6. The van der Waals surface area contributed by atoms with Gasteiger partial charge in [0.2, 0.25) is 0 Å². The molecule has 26 heavy (non-hydrogen) atoms. The normalized spacial score (nSPS) is 17.0. The van der Waals surface area contributed by atoms with Crippen molar-refractivity contribution < 1.29 is 14.1 Å². The Balaban J connectivity index is 0.00000243. The molecule has 2 aromatic rings. The third kappa shape index (κ3) is 4.80. The van der Waals surface area contributed by atoms with Crippen LogP contribution in [-0.2, 0) is 6.54 Å². The minimum atomic E-state index is -0.643. The molecular formula is C17H21ClN4O4. The molecule has 0 radical (unpaired) electrons. The Labute approximate surface area is 157 Å². The lowest BCUT2D eigenvalue weighted by Crippen LogP contribution is -2.40. The molecule has 1 N–H and O–H groups in total. The molecule has 0 bridgehead atoms. The Morgan fingerprint density at radius 2 is 2.15 bits per heavy atom. The van der Waals surface area contributed by atoms with Crippen molar-refractivity contribution in [3.8, 4) is 0 Å². The maximum absolute atomic E-state index is 13.0. The van der Waals surface area contributed by atoms with Crippen LogP contribution in [0.25, 0.3) is 0 Å². The van der Waals surface area contributed by atoms with Crippen molar-refractivity contribution in [1.82, 2.24) is 15.2 Å². The van der Waals surface area contributed by atoms with Gasteiger partial charge in [0, 0.05) is 12.2 Å². The first-order valence-electron chi connectivity index (χ1n) is 8.31. The van der Waals surface area contributed by atoms with Crippen LogP contribution >= 0.6 is 12.4 Å². The van der Waals surface area contributed by atoms with Crippen LogP contribution in [0.2, 0.25) is 0 Å². The number of carbonyl (C=O) groups is 1. The molecule has 1 amide bonds. The van der Waals surface area contributed by atoms with Crippen LogP contribution in [0.1, 0.15) is 35.5 Å². The number of nitro groups is 1. The summed E-state index contributed by atoms with van der Waals surface area (Å²) in [7, 11) is 0. The van der Waals surface area contributed by atoms with Gasteiger partial charge in [0.25, 0.3) is 5.91 Å². The highest BCUT2D eigenvalue weighted by molar-refractivity contribution is 5.92. The number of nitrogens with zero attached hydrogens (tertiary/aromatic N) is 3. The minimum absolute atomic E-state index is 0. The molecule has 1 fully saturated rings. The first-order valence-corrected chi connectivity index (χ1v) is 8.31. The highest BCUT2D eigenvalue weighted by Crippen LogP contribution is 2.22. The van der Waals surface area contributed by atoms with Crippen LogP contribution in [0.5, 0.6) is 0 Å². The fraction of sp³-hybridized carbons (Fsp3) is 0.412. The van der Waals surface area contributed by atoms with Crippen LogP contribution < -0.4 is 5.32 Å². The second-order valence-electron chi connectivity index (χ2n) is 5.98. The van der Waals surface area contributed by atoms with Crippen molar-refractivity contribution in [3.05, 3.63) is 58.1 Å². The zero-order valence-corrected chi connectivity index (χ0v) is 15.0. The van der Waals surface area contributed by atoms with E-state index in [0.717, 1.165) is 38.0 Å². The number of nitrogens with one attached hydrogen (secondary N) is 1. The summed E-state index contributed by atoms with van der Waals surface area (Å²) in [5.74, 6) is -0.783. The highest BCUT2D eigenvalue weighted by atomic mass is 35.5. The summed E-state index contributed by atoms with van der Waals surface area (Å²) in [6.07, 6.45) is 4.34. The van der Waals surface area contributed by atoms with E-state index in [1.807, 2.05) is 18.2 Å². The summed E-state index contributed by atoms with van der Waals surface area (Å²) < 4.78 is 5.12. The first kappa shape index (κ1) is 19.9. The van der Waals surface area contributed by atoms with Crippen LogP contribution in [-0.4, -0.2) is 39.8 Å². The van der Waals surface area contributed by atoms with Gasteiger partial charge in [-0.15, -0.1) is 12.4 Å². The number of hydrogen-bond donors (Lipinski definition) is 1. The number of rotatable bonds is 5. The molecular weight excluding hydrogens is 360 g/mol. The Bertz CT molecular complexity index is 729. The zero-order valence-electron chi connectivity index (χ0n) is 14.2. The maximum Gasteiger partial charge on any atom is 0.433 e. The zero-order chi connectivity index (χ0) is 17.6. The van der Waals surface area contributed by atoms with Crippen molar-refractivity contribution in [2.24, 2.45) is 0 Å². The van der Waals surface area contributed by atoms with Crippen molar-refractivity contribution in [2.75, 3.05) is 13.1 Å². The molecule has 0 aliphatic carbocycles. The van der Waals surface area contributed by atoms with Gasteiger partial charge in [0.1, 0.15) is 4.92 Å². The van der Waals surface area contributed by atoms with Gasteiger partial charge in [-0.1, -0.05) is 6.07 Å². The fourth-order valence-electron chi connectivity index (χ4n) is 3.03. The molecule has 0 spiro atoms. The molecule has 3 heterocycles. The number of halogens is 1. The Morgan fingerprint density at radius 1 is 1.31 bits per heavy atom. The Hall–Kier alpha value is -2.45. The van der Waals surface area contributed by atoms with Gasteiger partial charge < -0.3 is 14.6 Å². The van der Waals surface area contributed by atoms with Gasteiger partial charge in [-0.2, -0.15) is 0 Å². The lowest BCUT2D eigenvalue weighted by Gasteiger charge is -2.30. The monoisotopic (exact) mass is 380 g/mol. The molecule has 1 aliphatic rings. The van der Waals surface area contributed by atoms with Gasteiger partial charge in [0.05, 0.1) is 18.3 Å². The fourth-order valence-corrected chi connectivity index (χ4v) is 3.03. The lowest BCUT2D eigenvalue weighted by molar-refractivity contribution is -0.402. The molecule has 0 saturated carbocycles. The summed E-state index contributed by atoms with van der Waals surface area (Å²) in [5.41, 5.74) is 0.772. The van der Waals surface area contributed by atoms with Crippen molar-refractivity contribution in [3.63, 3.8) is 0 Å². The van der Waals surface area contributed by atoms with E-state index in [1.54, 1.807) is 11.1 Å². The number of aromatic nitrogens is 1. The van der Waals surface area contributed by atoms with Crippen molar-refractivity contribution in [2.45, 2.75) is 31.8 Å². The summed E-state index contributed by atoms with van der Waals surface area (Å²) in [6, 6.07) is 8.16. The number of carbonyl (C=O) groups excluding carboxylic acids is 1. The average Bonchev–Trinajstić information content (AvgIpc) is 2.97. The second-order valence-corrected chi connectivity index (χ2v) is 5.98. The molecule has 1 saturated heterocycles. The van der Waals surface area contributed by atoms with E-state index >= 15 is 0 Å². The molecule has 1 aliphatic heterocycles. The largest absolute Gasteiger partial charge is 0.433 e. The third-order valence-corrected chi connectivity index (χ3v) is 4.29. The molecule has 8 nitrogen and oxygen atoms in total. The number of furan rings is 1. The first-order chi connectivity index (χ1) is 12.1. The van der Waals surface area contributed by atoms with Gasteiger partial charge >= 0.3 is 5.88 Å². The van der Waals surface area contributed by atoms with Gasteiger partial charge in [0.15, 0.2) is 5.76 Å². The third-order valence-electron chi connectivity index (χ3n) is 4.29. The topological polar surface area (TPSA) is 102 Å². The number of amides is 1. The predicted octanol–water partition coefficient (Wildman–Crippen LogP) is 2.79. The van der Waals surface area contributed by atoms with E-state index in [0.29, 0.717) is 6.54 Å². The summed E-state index contributed by atoms with van der Waals surface area (Å²) >= 11 is 0. The molecule has 2 aromatic heterocycles. The van der Waals surface area contributed by atoms with Gasteiger partial charge in [-0.3, -0.25) is 19.9 Å². The standard InChI is InChI=1S/C17H20N4O4.ClH/c22-17(15-6-7-16(25-15)21(23)24)20(12-13-4-1-2-10-19-13)14-5-3-9-18-11-8-14;/h1-2,4,6-7,10,14,18H,3,5,8-9,11-12H2;1H. The summed E-state index contributed by atoms with van der Waals surface area (Å²) in [4.78, 5) is 29.1. The van der Waals surface area contributed by atoms with Gasteiger partial charge in [-0.05, 0) is 50.6 Å². The van der Waals surface area contributed by atoms with E-state index in [9.17, 15) is 14.9 Å². The maximum atomic E-state index is 13.0. The lowest BCUT2D eigenvalue weighted by atomic mass is 10.1. The van der Waals surface area contributed by atoms with E-state index in [4.69, 9.17) is 4.42 Å². The van der Waals surface area contributed by atoms with Crippen LogP contribution in [0, 0.1) is 10.1 Å². The minimum Gasteiger partial charge on any atom is -0.395 e. The quantitative estimate of drug-likeness (QED) is 0.632. The molecule has 140 valence electrons. The molecule has 0 aromatic carbocycles. The van der Waals surface area contributed by atoms with Crippen LogP contribution in [0.4, 0.5) is 5.88 Å². The van der Waals surface area contributed by atoms with E-state index in [2.05, 4.69) is 10.3 Å². The van der Waals surface area contributed by atoms with E-state index < -0.39 is 10.8 Å². The summed E-state index contributed by atoms with van der Waals surface area (Å²) in [6.45, 7) is 2.10. The Morgan fingerprint density at radius 3 is 2.85 bits per heavy atom. The van der Waals surface area contributed by atoms with E-state index in [-0.39, 0.29) is 30.1 Å².